The molecule has 0 fully saturated rings. The van der Waals surface area contributed by atoms with E-state index in [-0.39, 0.29) is 0 Å². The van der Waals surface area contributed by atoms with Crippen molar-refractivity contribution in [3.63, 3.8) is 0 Å². The summed E-state index contributed by atoms with van der Waals surface area (Å²) in [5.74, 6) is 0. The molecule has 0 aliphatic rings. The van der Waals surface area contributed by atoms with Gasteiger partial charge in [-0.05, 0) is 52.9 Å². The smallest absolute Gasteiger partial charge is 0.256 e. The minimum atomic E-state index is -4.31. The van der Waals surface area contributed by atoms with E-state index in [1.165, 1.54) is 12.1 Å². The van der Waals surface area contributed by atoms with Gasteiger partial charge in [-0.15, -0.1) is 0 Å². The highest BCUT2D eigenvalue weighted by atomic mass is 127. The van der Waals surface area contributed by atoms with E-state index < -0.39 is 11.7 Å². The molecule has 0 bridgehead atoms. The molecule has 0 aliphatic heterocycles. The van der Waals surface area contributed by atoms with Crippen LogP contribution in [0.2, 0.25) is 0 Å². The van der Waals surface area contributed by atoms with Crippen molar-refractivity contribution in [3.8, 4) is 0 Å². The molecule has 0 aliphatic carbocycles. The summed E-state index contributed by atoms with van der Waals surface area (Å²) in [6.07, 6.45) is -2.67. The van der Waals surface area contributed by atoms with E-state index in [2.05, 4.69) is 27.6 Å². The van der Waals surface area contributed by atoms with Crippen molar-refractivity contribution in [1.29, 1.82) is 0 Å². The van der Waals surface area contributed by atoms with Crippen LogP contribution in [0.15, 0.2) is 53.5 Å². The van der Waals surface area contributed by atoms with Gasteiger partial charge in [0.1, 0.15) is 0 Å². The second-order valence-electron chi connectivity index (χ2n) is 3.82. The first-order valence-corrected chi connectivity index (χ1v) is 6.50. The molecule has 0 N–H and O–H groups in total. The fourth-order valence-corrected chi connectivity index (χ4v) is 1.99. The zero-order valence-electron chi connectivity index (χ0n) is 9.66. The highest BCUT2D eigenvalue weighted by Gasteiger charge is 2.29. The lowest BCUT2D eigenvalue weighted by Crippen LogP contribution is -2.03. The van der Waals surface area contributed by atoms with Crippen LogP contribution in [0.25, 0.3) is 0 Å². The largest absolute Gasteiger partial charge is 0.416 e. The molecule has 2 aromatic rings. The third-order valence-electron chi connectivity index (χ3n) is 2.45. The Morgan fingerprint density at radius 2 is 1.58 bits per heavy atom. The van der Waals surface area contributed by atoms with Crippen LogP contribution in [0.5, 0.6) is 0 Å². The molecule has 0 unspecified atom stereocenters. The van der Waals surface area contributed by atoms with E-state index in [0.29, 0.717) is 5.69 Å². The van der Waals surface area contributed by atoms with Crippen LogP contribution >= 0.6 is 22.6 Å². The minimum absolute atomic E-state index is 0.493. The molecule has 0 saturated carbocycles. The van der Waals surface area contributed by atoms with Crippen LogP contribution in [-0.4, -0.2) is 6.21 Å². The van der Waals surface area contributed by atoms with Crippen molar-refractivity contribution in [3.05, 3.63) is 63.2 Å². The number of benzene rings is 2. The lowest BCUT2D eigenvalue weighted by molar-refractivity contribution is -0.137. The minimum Gasteiger partial charge on any atom is -0.256 e. The van der Waals surface area contributed by atoms with Gasteiger partial charge in [0.2, 0.25) is 0 Å². The van der Waals surface area contributed by atoms with Gasteiger partial charge in [0.05, 0.1) is 11.3 Å². The number of hydrogen-bond acceptors (Lipinski definition) is 1. The lowest BCUT2D eigenvalue weighted by atomic mass is 10.2. The first kappa shape index (κ1) is 14.0. The molecule has 0 atom stereocenters. The van der Waals surface area contributed by atoms with Crippen molar-refractivity contribution >= 4 is 34.5 Å². The number of rotatable bonds is 2. The molecular weight excluding hydrogens is 366 g/mol. The Hall–Kier alpha value is -1.37. The number of alkyl halides is 3. The van der Waals surface area contributed by atoms with Gasteiger partial charge in [0.25, 0.3) is 0 Å². The second kappa shape index (κ2) is 5.73. The maximum Gasteiger partial charge on any atom is 0.416 e. The third-order valence-corrected chi connectivity index (χ3v) is 3.43. The molecule has 0 heterocycles. The number of nitrogens with zero attached hydrogens (tertiary/aromatic N) is 1. The second-order valence-corrected chi connectivity index (χ2v) is 4.99. The van der Waals surface area contributed by atoms with Crippen LogP contribution in [0.4, 0.5) is 18.9 Å². The predicted octanol–water partition coefficient (Wildman–Crippen LogP) is 5.06. The van der Waals surface area contributed by atoms with E-state index in [4.69, 9.17) is 0 Å². The summed E-state index contributed by atoms with van der Waals surface area (Å²) in [5.41, 5.74) is 0.761. The first-order valence-electron chi connectivity index (χ1n) is 5.43. The molecule has 5 heteroatoms. The maximum atomic E-state index is 12.4. The summed E-state index contributed by atoms with van der Waals surface area (Å²) in [6, 6.07) is 12.4. The van der Waals surface area contributed by atoms with E-state index in [0.717, 1.165) is 21.3 Å². The normalized spacial score (nSPS) is 12.0. The third kappa shape index (κ3) is 3.79. The molecule has 19 heavy (non-hydrogen) atoms. The van der Waals surface area contributed by atoms with E-state index in [1.54, 1.807) is 6.21 Å². The van der Waals surface area contributed by atoms with Gasteiger partial charge in [0, 0.05) is 15.3 Å². The Balaban J connectivity index is 2.19. The van der Waals surface area contributed by atoms with Gasteiger partial charge < -0.3 is 0 Å². The standard InChI is InChI=1S/C14H9F3IN/c15-14(16,17)11-5-7-12(8-6-11)19-9-10-3-1-2-4-13(10)18/h1-9H. The zero-order chi connectivity index (χ0) is 13.9. The highest BCUT2D eigenvalue weighted by Crippen LogP contribution is 2.30. The van der Waals surface area contributed by atoms with Crippen molar-refractivity contribution in [2.24, 2.45) is 4.99 Å². The monoisotopic (exact) mass is 375 g/mol. The van der Waals surface area contributed by atoms with Crippen molar-refractivity contribution in [2.45, 2.75) is 6.18 Å². The Labute approximate surface area is 122 Å². The van der Waals surface area contributed by atoms with Crippen molar-refractivity contribution < 1.29 is 13.2 Å². The maximum absolute atomic E-state index is 12.4. The summed E-state index contributed by atoms with van der Waals surface area (Å²) >= 11 is 2.18. The van der Waals surface area contributed by atoms with Crippen molar-refractivity contribution in [2.75, 3.05) is 0 Å². The number of hydrogen-bond donors (Lipinski definition) is 0. The summed E-state index contributed by atoms with van der Waals surface area (Å²) in [6.45, 7) is 0. The summed E-state index contributed by atoms with van der Waals surface area (Å²) in [7, 11) is 0. The summed E-state index contributed by atoms with van der Waals surface area (Å²) < 4.78 is 38.2. The molecule has 0 amide bonds. The number of halogens is 4. The fraction of sp³-hybridized carbons (Fsp3) is 0.0714. The Bertz CT molecular complexity index is 588. The van der Waals surface area contributed by atoms with Crippen LogP contribution in [0.3, 0.4) is 0 Å². The number of aliphatic imine (C=N–C) groups is 1. The molecule has 98 valence electrons. The molecule has 0 aromatic heterocycles. The zero-order valence-corrected chi connectivity index (χ0v) is 11.8. The quantitative estimate of drug-likeness (QED) is 0.514. The molecule has 2 aromatic carbocycles. The Kier molecular flexibility index (Phi) is 4.24. The molecule has 0 spiro atoms. The van der Waals surface area contributed by atoms with Crippen LogP contribution in [0.1, 0.15) is 11.1 Å². The average molecular weight is 375 g/mol. The molecule has 1 nitrogen and oxygen atoms in total. The van der Waals surface area contributed by atoms with Crippen LogP contribution < -0.4 is 0 Å². The Morgan fingerprint density at radius 3 is 2.16 bits per heavy atom. The van der Waals surface area contributed by atoms with Crippen molar-refractivity contribution in [1.82, 2.24) is 0 Å². The first-order chi connectivity index (χ1) is 8.97. The molecule has 0 saturated heterocycles. The van der Waals surface area contributed by atoms with Gasteiger partial charge in [0.15, 0.2) is 0 Å². The van der Waals surface area contributed by atoms with E-state index >= 15 is 0 Å². The fourth-order valence-electron chi connectivity index (χ4n) is 1.46. The lowest BCUT2D eigenvalue weighted by Gasteiger charge is -2.05. The van der Waals surface area contributed by atoms with E-state index in [9.17, 15) is 13.2 Å². The topological polar surface area (TPSA) is 12.4 Å². The van der Waals surface area contributed by atoms with E-state index in [1.807, 2.05) is 24.3 Å². The van der Waals surface area contributed by atoms with Crippen LogP contribution in [0, 0.1) is 3.57 Å². The summed E-state index contributed by atoms with van der Waals surface area (Å²) in [5, 5.41) is 0. The van der Waals surface area contributed by atoms with Crippen LogP contribution in [-0.2, 0) is 6.18 Å². The average Bonchev–Trinajstić information content (AvgIpc) is 2.37. The summed E-state index contributed by atoms with van der Waals surface area (Å²) in [4.78, 5) is 4.16. The molecular formula is C14H9F3IN. The van der Waals surface area contributed by atoms with Gasteiger partial charge in [-0.3, -0.25) is 4.99 Å². The molecule has 0 radical (unpaired) electrons. The van der Waals surface area contributed by atoms with Gasteiger partial charge in [-0.1, -0.05) is 18.2 Å². The Morgan fingerprint density at radius 1 is 0.947 bits per heavy atom. The predicted molar refractivity (Wildman–Crippen MR) is 77.9 cm³/mol. The van der Waals surface area contributed by atoms with Gasteiger partial charge in [-0.2, -0.15) is 13.2 Å². The SMILES string of the molecule is FC(F)(F)c1ccc(N=Cc2ccccc2I)cc1. The van der Waals surface area contributed by atoms with Gasteiger partial charge in [-0.25, -0.2) is 0 Å². The highest BCUT2D eigenvalue weighted by molar-refractivity contribution is 14.1. The molecule has 2 rings (SSSR count). The van der Waals surface area contributed by atoms with Gasteiger partial charge >= 0.3 is 6.18 Å².